The van der Waals surface area contributed by atoms with Crippen LogP contribution in [0, 0.1) is 0 Å². The summed E-state index contributed by atoms with van der Waals surface area (Å²) in [6.45, 7) is 1.63. The SMILES string of the molecule is CN1CCCC1CCNC(=O)C(Cc1ccc(Cl)cc1Cl)NC(=O)C1(c2ccc(Cl)cc2Cl)CC1. The second-order valence-electron chi connectivity index (χ2n) is 9.53. The first-order valence-electron chi connectivity index (χ1n) is 11.9. The molecule has 0 aromatic heterocycles. The zero-order valence-corrected chi connectivity index (χ0v) is 22.6. The topological polar surface area (TPSA) is 61.4 Å². The maximum atomic E-state index is 13.5. The summed E-state index contributed by atoms with van der Waals surface area (Å²) in [7, 11) is 2.11. The number of carbonyl (C=O) groups excluding carboxylic acids is 2. The molecule has 4 rings (SSSR count). The highest BCUT2D eigenvalue weighted by Crippen LogP contribution is 2.51. The first-order chi connectivity index (χ1) is 16.7. The molecule has 188 valence electrons. The molecule has 0 spiro atoms. The van der Waals surface area contributed by atoms with Gasteiger partial charge < -0.3 is 15.5 Å². The van der Waals surface area contributed by atoms with Crippen molar-refractivity contribution in [1.82, 2.24) is 15.5 Å². The van der Waals surface area contributed by atoms with Crippen molar-refractivity contribution in [2.24, 2.45) is 0 Å². The van der Waals surface area contributed by atoms with E-state index in [1.165, 1.54) is 6.42 Å². The molecule has 2 unspecified atom stereocenters. The smallest absolute Gasteiger partial charge is 0.242 e. The van der Waals surface area contributed by atoms with Crippen molar-refractivity contribution < 1.29 is 9.59 Å². The van der Waals surface area contributed by atoms with Crippen molar-refractivity contribution in [3.05, 3.63) is 67.6 Å². The fraction of sp³-hybridized carbons (Fsp3) is 0.462. The van der Waals surface area contributed by atoms with Crippen LogP contribution < -0.4 is 10.6 Å². The van der Waals surface area contributed by atoms with Gasteiger partial charge in [0.1, 0.15) is 6.04 Å². The Balaban J connectivity index is 1.49. The number of carbonyl (C=O) groups is 2. The van der Waals surface area contributed by atoms with Gasteiger partial charge in [0, 0.05) is 39.1 Å². The molecule has 0 bridgehead atoms. The van der Waals surface area contributed by atoms with Gasteiger partial charge in [-0.15, -0.1) is 0 Å². The Bertz CT molecular complexity index is 1110. The van der Waals surface area contributed by atoms with E-state index in [4.69, 9.17) is 46.4 Å². The van der Waals surface area contributed by atoms with E-state index in [0.717, 1.165) is 30.5 Å². The fourth-order valence-electron chi connectivity index (χ4n) is 4.86. The lowest BCUT2D eigenvalue weighted by atomic mass is 9.94. The van der Waals surface area contributed by atoms with Crippen LogP contribution in [0.2, 0.25) is 20.1 Å². The minimum atomic E-state index is -0.786. The molecular formula is C26H29Cl4N3O2. The Morgan fingerprint density at radius 3 is 2.34 bits per heavy atom. The van der Waals surface area contributed by atoms with E-state index >= 15 is 0 Å². The number of amides is 2. The highest BCUT2D eigenvalue weighted by atomic mass is 35.5. The van der Waals surface area contributed by atoms with Crippen LogP contribution in [0.3, 0.4) is 0 Å². The molecule has 2 aliphatic rings. The van der Waals surface area contributed by atoms with Crippen LogP contribution in [0.25, 0.3) is 0 Å². The number of nitrogens with zero attached hydrogens (tertiary/aromatic N) is 1. The summed E-state index contributed by atoms with van der Waals surface area (Å²) in [5.74, 6) is -0.453. The van der Waals surface area contributed by atoms with Crippen molar-refractivity contribution in [3.63, 3.8) is 0 Å². The van der Waals surface area contributed by atoms with Crippen molar-refractivity contribution in [2.45, 2.75) is 56.0 Å². The fourth-order valence-corrected chi connectivity index (χ4v) is 5.94. The number of rotatable bonds is 9. The van der Waals surface area contributed by atoms with E-state index in [1.54, 1.807) is 36.4 Å². The van der Waals surface area contributed by atoms with Gasteiger partial charge in [-0.2, -0.15) is 0 Å². The monoisotopic (exact) mass is 555 g/mol. The van der Waals surface area contributed by atoms with Gasteiger partial charge in [0.2, 0.25) is 11.8 Å². The lowest BCUT2D eigenvalue weighted by Gasteiger charge is -2.24. The molecule has 1 heterocycles. The first-order valence-corrected chi connectivity index (χ1v) is 13.4. The Morgan fingerprint density at radius 1 is 1.06 bits per heavy atom. The molecule has 2 fully saturated rings. The van der Waals surface area contributed by atoms with Crippen LogP contribution in [0.1, 0.15) is 43.2 Å². The summed E-state index contributed by atoms with van der Waals surface area (Å²) in [4.78, 5) is 29.1. The first kappa shape index (κ1) is 26.6. The second-order valence-corrected chi connectivity index (χ2v) is 11.2. The normalized spacial score (nSPS) is 19.9. The van der Waals surface area contributed by atoms with E-state index in [0.29, 0.717) is 45.5 Å². The van der Waals surface area contributed by atoms with Gasteiger partial charge >= 0.3 is 0 Å². The van der Waals surface area contributed by atoms with E-state index < -0.39 is 11.5 Å². The average Bonchev–Trinajstić information content (AvgIpc) is 3.51. The number of likely N-dealkylation sites (tertiary alicyclic amines) is 1. The summed E-state index contributed by atoms with van der Waals surface area (Å²) < 4.78 is 0. The summed E-state index contributed by atoms with van der Waals surface area (Å²) >= 11 is 24.9. The lowest BCUT2D eigenvalue weighted by Crippen LogP contribution is -2.51. The quantitative estimate of drug-likeness (QED) is 0.419. The third kappa shape index (κ3) is 6.26. The van der Waals surface area contributed by atoms with Crippen LogP contribution in [-0.2, 0) is 21.4 Å². The predicted molar refractivity (Wildman–Crippen MR) is 143 cm³/mol. The van der Waals surface area contributed by atoms with Crippen LogP contribution in [-0.4, -0.2) is 48.9 Å². The standard InChI is InChI=1S/C26H29Cl4N3O2/c1-33-12-2-3-19(33)8-11-31-24(34)23(13-16-4-5-17(27)14-21(16)29)32-25(35)26(9-10-26)20-7-6-18(28)15-22(20)30/h4-7,14-15,19,23H,2-3,8-13H2,1H3,(H,31,34)(H,32,35). The number of nitrogens with one attached hydrogen (secondary N) is 2. The molecule has 2 aromatic rings. The van der Waals surface area contributed by atoms with Gasteiger partial charge in [0.25, 0.3) is 0 Å². The molecule has 9 heteroatoms. The van der Waals surface area contributed by atoms with E-state index in [2.05, 4.69) is 22.6 Å². The molecule has 35 heavy (non-hydrogen) atoms. The van der Waals surface area contributed by atoms with Crippen LogP contribution in [0.4, 0.5) is 0 Å². The van der Waals surface area contributed by atoms with E-state index in [1.807, 2.05) is 0 Å². The van der Waals surface area contributed by atoms with Gasteiger partial charge in [-0.25, -0.2) is 0 Å². The molecule has 2 aromatic carbocycles. The average molecular weight is 557 g/mol. The second kappa shape index (κ2) is 11.3. The molecule has 1 aliphatic heterocycles. The Labute approximate surface area is 226 Å². The van der Waals surface area contributed by atoms with Gasteiger partial charge in [0.15, 0.2) is 0 Å². The third-order valence-electron chi connectivity index (χ3n) is 7.14. The largest absolute Gasteiger partial charge is 0.354 e. The number of benzene rings is 2. The Hall–Kier alpha value is -1.50. The van der Waals surface area contributed by atoms with Crippen molar-refractivity contribution in [2.75, 3.05) is 20.1 Å². The van der Waals surface area contributed by atoms with Gasteiger partial charge in [-0.3, -0.25) is 9.59 Å². The molecule has 2 amide bonds. The zero-order chi connectivity index (χ0) is 25.2. The minimum absolute atomic E-state index is 0.220. The molecule has 5 nitrogen and oxygen atoms in total. The molecule has 1 saturated heterocycles. The highest BCUT2D eigenvalue weighted by molar-refractivity contribution is 6.35. The van der Waals surface area contributed by atoms with Crippen molar-refractivity contribution in [3.8, 4) is 0 Å². The van der Waals surface area contributed by atoms with Gasteiger partial charge in [0.05, 0.1) is 5.41 Å². The maximum Gasteiger partial charge on any atom is 0.242 e. The van der Waals surface area contributed by atoms with Crippen molar-refractivity contribution >= 4 is 58.2 Å². The Kier molecular flexibility index (Phi) is 8.55. The summed E-state index contributed by atoms with van der Waals surface area (Å²) in [5, 5.41) is 7.95. The highest BCUT2D eigenvalue weighted by Gasteiger charge is 2.53. The molecule has 1 saturated carbocycles. The summed E-state index contributed by atoms with van der Waals surface area (Å²) in [6.07, 6.45) is 4.75. The Morgan fingerprint density at radius 2 is 1.74 bits per heavy atom. The van der Waals surface area contributed by atoms with E-state index in [-0.39, 0.29) is 18.2 Å². The predicted octanol–water partition coefficient (Wildman–Crippen LogP) is 5.66. The molecule has 0 radical (unpaired) electrons. The molecule has 2 atom stereocenters. The number of hydrogen-bond donors (Lipinski definition) is 2. The number of halogens is 4. The zero-order valence-electron chi connectivity index (χ0n) is 19.6. The molecular weight excluding hydrogens is 528 g/mol. The van der Waals surface area contributed by atoms with Crippen LogP contribution in [0.5, 0.6) is 0 Å². The third-order valence-corrected chi connectivity index (χ3v) is 8.28. The summed E-state index contributed by atoms with van der Waals surface area (Å²) in [6, 6.07) is 10.00. The lowest BCUT2D eigenvalue weighted by molar-refractivity contribution is -0.130. The van der Waals surface area contributed by atoms with Gasteiger partial charge in [-0.05, 0) is 81.1 Å². The summed E-state index contributed by atoms with van der Waals surface area (Å²) in [5.41, 5.74) is 0.715. The number of hydrogen-bond acceptors (Lipinski definition) is 3. The van der Waals surface area contributed by atoms with E-state index in [9.17, 15) is 9.59 Å². The maximum absolute atomic E-state index is 13.5. The molecule has 1 aliphatic carbocycles. The minimum Gasteiger partial charge on any atom is -0.354 e. The van der Waals surface area contributed by atoms with Crippen molar-refractivity contribution in [1.29, 1.82) is 0 Å². The van der Waals surface area contributed by atoms with Crippen LogP contribution >= 0.6 is 46.4 Å². The van der Waals surface area contributed by atoms with Gasteiger partial charge in [-0.1, -0.05) is 58.5 Å². The molecule has 2 N–H and O–H groups in total. The van der Waals surface area contributed by atoms with Crippen LogP contribution in [0.15, 0.2) is 36.4 Å².